The number of hydrogen-bond acceptors (Lipinski definition) is 7. The molecule has 0 aromatic heterocycles. The summed E-state index contributed by atoms with van der Waals surface area (Å²) in [7, 11) is 0. The van der Waals surface area contributed by atoms with E-state index >= 15 is 0 Å². The van der Waals surface area contributed by atoms with Crippen LogP contribution in [0.15, 0.2) is 35.2 Å². The molecule has 2 heterocycles. The number of guanidine groups is 1. The molecule has 1 saturated heterocycles. The molecule has 36 heavy (non-hydrogen) atoms. The first-order valence-electron chi connectivity index (χ1n) is 11.1. The minimum atomic E-state index is -4.94. The molecule has 1 unspecified atom stereocenters. The van der Waals surface area contributed by atoms with Crippen molar-refractivity contribution in [2.75, 3.05) is 18.0 Å². The Morgan fingerprint density at radius 2 is 2.06 bits per heavy atom. The third kappa shape index (κ3) is 5.53. The number of urea groups is 1. The van der Waals surface area contributed by atoms with Gasteiger partial charge < -0.3 is 26.2 Å². The number of carbonyl (C=O) groups excluding carboxylic acids is 2. The molecular formula is C22H27F3N6O5. The predicted octanol–water partition coefficient (Wildman–Crippen LogP) is 3.04. The largest absolute Gasteiger partial charge is 0.511 e. The number of halogens is 3. The second-order valence-corrected chi connectivity index (χ2v) is 8.85. The highest BCUT2D eigenvalue weighted by atomic mass is 19.4. The lowest BCUT2D eigenvalue weighted by atomic mass is 10.0. The predicted molar refractivity (Wildman–Crippen MR) is 123 cm³/mol. The Kier molecular flexibility index (Phi) is 7.48. The van der Waals surface area contributed by atoms with Crippen LogP contribution in [-0.4, -0.2) is 58.9 Å². The first kappa shape index (κ1) is 26.8. The minimum absolute atomic E-state index is 0.00304. The number of para-hydroxylation sites is 1. The molecule has 3 amide bonds. The number of nitrogens with two attached hydrogens (primary N) is 1. The Morgan fingerprint density at radius 1 is 1.36 bits per heavy atom. The van der Waals surface area contributed by atoms with Crippen LogP contribution in [0.5, 0.6) is 0 Å². The summed E-state index contributed by atoms with van der Waals surface area (Å²) in [5, 5.41) is 14.3. The number of nitrogens with zero attached hydrogens (tertiary/aromatic N) is 3. The number of anilines is 1. The number of ether oxygens (including phenoxy) is 1. The van der Waals surface area contributed by atoms with Gasteiger partial charge in [0.1, 0.15) is 6.17 Å². The molecule has 0 aliphatic carbocycles. The molecule has 3 rings (SSSR count). The molecule has 0 radical (unpaired) electrons. The summed E-state index contributed by atoms with van der Waals surface area (Å²) in [6.07, 6.45) is -6.13. The molecule has 0 bridgehead atoms. The fourth-order valence-electron chi connectivity index (χ4n) is 3.85. The fourth-order valence-corrected chi connectivity index (χ4v) is 3.85. The molecule has 11 nitrogen and oxygen atoms in total. The van der Waals surface area contributed by atoms with Crippen LogP contribution < -0.4 is 21.3 Å². The van der Waals surface area contributed by atoms with Crippen LogP contribution in [0.4, 0.5) is 28.4 Å². The van der Waals surface area contributed by atoms with Crippen molar-refractivity contribution in [3.05, 3.63) is 41.3 Å². The third-order valence-electron chi connectivity index (χ3n) is 5.43. The molecule has 1 aromatic carbocycles. The van der Waals surface area contributed by atoms with Crippen LogP contribution in [0.1, 0.15) is 49.5 Å². The van der Waals surface area contributed by atoms with Crippen molar-refractivity contribution in [1.29, 1.82) is 0 Å². The van der Waals surface area contributed by atoms with Crippen molar-refractivity contribution in [1.82, 2.24) is 15.5 Å². The third-order valence-corrected chi connectivity index (χ3v) is 5.43. The quantitative estimate of drug-likeness (QED) is 0.338. The van der Waals surface area contributed by atoms with Crippen molar-refractivity contribution >= 4 is 29.7 Å². The standard InChI is InChI=1S/C22H27F3N6O5/c1-4-5-9-27-17(32)12-7-6-8-13(22(23,24)25)15(12)31-16(26)14(36-20(34)35)10-28-18(31)30-11-21(2,3)29-19(30)33/h6-8,10,16H,4-5,9,11,26H2,1-3H3,(H,27,32)(H,29,33)(H,34,35). The summed E-state index contributed by atoms with van der Waals surface area (Å²) in [5.74, 6) is -1.64. The Balaban J connectivity index is 2.23. The number of aliphatic imine (C=N–C) groups is 1. The molecule has 1 aromatic rings. The molecular weight excluding hydrogens is 485 g/mol. The Labute approximate surface area is 204 Å². The Morgan fingerprint density at radius 3 is 2.61 bits per heavy atom. The zero-order chi connectivity index (χ0) is 26.8. The van der Waals surface area contributed by atoms with E-state index in [1.54, 1.807) is 13.8 Å². The topological polar surface area (TPSA) is 150 Å². The van der Waals surface area contributed by atoms with Crippen molar-refractivity contribution in [3.8, 4) is 0 Å². The number of nitrogens with one attached hydrogen (secondary N) is 2. The number of benzene rings is 1. The lowest BCUT2D eigenvalue weighted by molar-refractivity contribution is -0.137. The first-order valence-corrected chi connectivity index (χ1v) is 11.1. The van der Waals surface area contributed by atoms with E-state index in [1.807, 2.05) is 6.92 Å². The molecule has 0 saturated carbocycles. The van der Waals surface area contributed by atoms with Crippen LogP contribution in [0.3, 0.4) is 0 Å². The summed E-state index contributed by atoms with van der Waals surface area (Å²) in [5.41, 5.74) is 3.13. The lowest BCUT2D eigenvalue weighted by Gasteiger charge is -2.39. The average molecular weight is 512 g/mol. The van der Waals surface area contributed by atoms with Gasteiger partial charge in [0.05, 0.1) is 35.1 Å². The molecule has 196 valence electrons. The second-order valence-electron chi connectivity index (χ2n) is 8.85. The lowest BCUT2D eigenvalue weighted by Crippen LogP contribution is -2.57. The average Bonchev–Trinajstić information content (AvgIpc) is 3.05. The van der Waals surface area contributed by atoms with Gasteiger partial charge >= 0.3 is 18.4 Å². The number of unbranched alkanes of at least 4 members (excludes halogenated alkanes) is 1. The molecule has 1 fully saturated rings. The number of rotatable bonds is 6. The van der Waals surface area contributed by atoms with Gasteiger partial charge in [0.15, 0.2) is 5.76 Å². The van der Waals surface area contributed by atoms with Crippen LogP contribution in [0.25, 0.3) is 0 Å². The van der Waals surface area contributed by atoms with Crippen LogP contribution in [0.2, 0.25) is 0 Å². The van der Waals surface area contributed by atoms with E-state index < -0.39 is 53.0 Å². The van der Waals surface area contributed by atoms with E-state index in [0.29, 0.717) is 6.42 Å². The molecule has 0 spiro atoms. The highest BCUT2D eigenvalue weighted by Crippen LogP contribution is 2.41. The second kappa shape index (κ2) is 10.0. The zero-order valence-electron chi connectivity index (χ0n) is 19.8. The van der Waals surface area contributed by atoms with E-state index in [2.05, 4.69) is 20.4 Å². The van der Waals surface area contributed by atoms with Crippen molar-refractivity contribution in [2.24, 2.45) is 10.7 Å². The summed E-state index contributed by atoms with van der Waals surface area (Å²) in [4.78, 5) is 42.8. The molecule has 5 N–H and O–H groups in total. The summed E-state index contributed by atoms with van der Waals surface area (Å²) >= 11 is 0. The van der Waals surface area contributed by atoms with Gasteiger partial charge in [-0.1, -0.05) is 19.4 Å². The van der Waals surface area contributed by atoms with Crippen LogP contribution in [-0.2, 0) is 10.9 Å². The van der Waals surface area contributed by atoms with Gasteiger partial charge in [-0.15, -0.1) is 0 Å². The maximum Gasteiger partial charge on any atom is 0.511 e. The van der Waals surface area contributed by atoms with Gasteiger partial charge in [-0.25, -0.2) is 14.6 Å². The zero-order valence-corrected chi connectivity index (χ0v) is 19.8. The highest BCUT2D eigenvalue weighted by molar-refractivity contribution is 6.12. The minimum Gasteiger partial charge on any atom is -0.449 e. The number of hydrogen-bond donors (Lipinski definition) is 4. The first-order chi connectivity index (χ1) is 16.8. The summed E-state index contributed by atoms with van der Waals surface area (Å²) in [6, 6.07) is 2.35. The normalized spacial score (nSPS) is 19.4. The van der Waals surface area contributed by atoms with Crippen LogP contribution >= 0.6 is 0 Å². The van der Waals surface area contributed by atoms with Gasteiger partial charge in [-0.3, -0.25) is 14.6 Å². The number of carboxylic acid groups (broad SMARTS) is 1. The smallest absolute Gasteiger partial charge is 0.449 e. The monoisotopic (exact) mass is 512 g/mol. The van der Waals surface area contributed by atoms with Crippen LogP contribution in [0, 0.1) is 0 Å². The van der Waals surface area contributed by atoms with Crippen molar-refractivity contribution in [3.63, 3.8) is 0 Å². The van der Waals surface area contributed by atoms with Crippen molar-refractivity contribution in [2.45, 2.75) is 51.5 Å². The highest BCUT2D eigenvalue weighted by Gasteiger charge is 2.46. The molecule has 1 atom stereocenters. The maximum absolute atomic E-state index is 14.2. The SMILES string of the molecule is CCCCNC(=O)c1cccc(C(F)(F)F)c1N1C(N2CC(C)(C)NC2=O)=NC=C(OC(=O)O)C1N. The van der Waals surface area contributed by atoms with E-state index in [0.717, 1.165) is 34.6 Å². The number of alkyl halides is 3. The number of carbonyl (C=O) groups is 3. The van der Waals surface area contributed by atoms with E-state index in [1.165, 1.54) is 6.07 Å². The van der Waals surface area contributed by atoms with E-state index in [9.17, 15) is 27.6 Å². The van der Waals surface area contributed by atoms with Gasteiger partial charge in [-0.2, -0.15) is 13.2 Å². The molecule has 2 aliphatic rings. The Bertz CT molecular complexity index is 1120. The summed E-state index contributed by atoms with van der Waals surface area (Å²) < 4.78 is 47.3. The molecule has 2 aliphatic heterocycles. The summed E-state index contributed by atoms with van der Waals surface area (Å²) in [6.45, 7) is 5.50. The van der Waals surface area contributed by atoms with Gasteiger partial charge in [-0.05, 0) is 32.4 Å². The molecule has 14 heteroatoms. The Hall–Kier alpha value is -3.81. The van der Waals surface area contributed by atoms with Gasteiger partial charge in [0.2, 0.25) is 5.96 Å². The van der Waals surface area contributed by atoms with E-state index in [-0.39, 0.29) is 24.6 Å². The maximum atomic E-state index is 14.2. The fraction of sp³-hybridized carbons (Fsp3) is 0.455. The number of amides is 3. The van der Waals surface area contributed by atoms with Gasteiger partial charge in [0, 0.05) is 6.54 Å². The van der Waals surface area contributed by atoms with Crippen molar-refractivity contribution < 1.29 is 37.4 Å². The van der Waals surface area contributed by atoms with Gasteiger partial charge in [0.25, 0.3) is 5.91 Å². The van der Waals surface area contributed by atoms with E-state index in [4.69, 9.17) is 10.8 Å².